The van der Waals surface area contributed by atoms with Crippen molar-refractivity contribution in [2.45, 2.75) is 9.70 Å². The standard InChI is InChI=1S/2C5H5.C2H3O2.Co/c2*1-2-4-5-3-1;1-4-2-3;/h2*1-5H;1H3;. The Morgan fingerprint density at radius 2 is 1.33 bits per heavy atom. The minimum absolute atomic E-state index is 0.642. The molecule has 0 aromatic carbocycles. The van der Waals surface area contributed by atoms with Crippen molar-refractivity contribution in [2.75, 3.05) is 7.11 Å². The number of ether oxygens (including phenoxy) is 1. The first kappa shape index (κ1) is 12.0. The van der Waals surface area contributed by atoms with Crippen LogP contribution in [0.25, 0.3) is 0 Å². The first-order valence-corrected chi connectivity index (χ1v) is 5.74. The third-order valence-corrected chi connectivity index (χ3v) is 3.31. The monoisotopic (exact) mass is 248 g/mol. The van der Waals surface area contributed by atoms with Gasteiger partial charge < -0.3 is 4.74 Å². The molecule has 2 aliphatic rings. The summed E-state index contributed by atoms with van der Waals surface area (Å²) in [6.07, 6.45) is 17.5. The van der Waals surface area contributed by atoms with Crippen molar-refractivity contribution >= 4 is 6.47 Å². The molecule has 0 aromatic heterocycles. The zero-order valence-corrected chi connectivity index (χ0v) is 9.46. The van der Waals surface area contributed by atoms with Crippen molar-refractivity contribution in [3.05, 3.63) is 48.6 Å². The van der Waals surface area contributed by atoms with Crippen LogP contribution in [0.1, 0.15) is 0 Å². The van der Waals surface area contributed by atoms with Crippen LogP contribution < -0.4 is 0 Å². The van der Waals surface area contributed by atoms with Crippen LogP contribution in [-0.2, 0) is 24.2 Å². The predicted molar refractivity (Wildman–Crippen MR) is 56.8 cm³/mol. The van der Waals surface area contributed by atoms with Gasteiger partial charge in [-0.25, -0.2) is 4.79 Å². The summed E-state index contributed by atoms with van der Waals surface area (Å²) in [5, 5.41) is 0. The summed E-state index contributed by atoms with van der Waals surface area (Å²) in [5.74, 6) is 0. The Balaban J connectivity index is 0.000000245. The van der Waals surface area contributed by atoms with E-state index in [1.165, 1.54) is 28.3 Å². The predicted octanol–water partition coefficient (Wildman–Crippen LogP) is 2.60. The van der Waals surface area contributed by atoms with Gasteiger partial charge in [0.25, 0.3) is 0 Å². The van der Waals surface area contributed by atoms with Gasteiger partial charge in [0.1, 0.15) is 0 Å². The Bertz CT molecular complexity index is 253. The molecule has 0 N–H and O–H groups in total. The van der Waals surface area contributed by atoms with Gasteiger partial charge in [0.2, 0.25) is 0 Å². The molecular weight excluding hydrogens is 235 g/mol. The van der Waals surface area contributed by atoms with Gasteiger partial charge in [-0.3, -0.25) is 0 Å². The third kappa shape index (κ3) is 4.81. The summed E-state index contributed by atoms with van der Waals surface area (Å²) >= 11 is 1.51. The maximum absolute atomic E-state index is 8.83. The first-order chi connectivity index (χ1) is 7.36. The maximum Gasteiger partial charge on any atom is 0.417 e. The normalized spacial score (nSPS) is 18.2. The van der Waals surface area contributed by atoms with Gasteiger partial charge in [-0.2, -0.15) is 0 Å². The second-order valence-electron chi connectivity index (χ2n) is 2.77. The summed E-state index contributed by atoms with van der Waals surface area (Å²) in [6, 6.07) is 0. The largest absolute Gasteiger partial charge is 0.461 e. The SMILES string of the molecule is C1=C[CH]([Co][CH]2C=CC=C2)C=C1.CO[C]=O. The summed E-state index contributed by atoms with van der Waals surface area (Å²) < 4.78 is 3.74. The van der Waals surface area contributed by atoms with Crippen molar-refractivity contribution in [2.24, 2.45) is 0 Å². The molecule has 0 heterocycles. The summed E-state index contributed by atoms with van der Waals surface area (Å²) in [4.78, 5) is 10.1. The van der Waals surface area contributed by atoms with Crippen LogP contribution in [0.2, 0.25) is 9.70 Å². The second kappa shape index (κ2) is 7.26. The van der Waals surface area contributed by atoms with E-state index in [-0.39, 0.29) is 0 Å². The average Bonchev–Trinajstić information content (AvgIpc) is 2.92. The quantitative estimate of drug-likeness (QED) is 0.767. The molecule has 2 nitrogen and oxygen atoms in total. The second-order valence-corrected chi connectivity index (χ2v) is 4.50. The Hall–Kier alpha value is -1.06. The number of hydrogen-bond donors (Lipinski definition) is 0. The van der Waals surface area contributed by atoms with Crippen LogP contribution in [0.15, 0.2) is 48.6 Å². The fourth-order valence-electron chi connectivity index (χ4n) is 1.09. The van der Waals surface area contributed by atoms with Crippen molar-refractivity contribution in [1.82, 2.24) is 0 Å². The van der Waals surface area contributed by atoms with E-state index >= 15 is 0 Å². The molecule has 0 atom stereocenters. The molecule has 15 heavy (non-hydrogen) atoms. The molecule has 2 aliphatic carbocycles. The van der Waals surface area contributed by atoms with Crippen molar-refractivity contribution in [3.8, 4) is 0 Å². The van der Waals surface area contributed by atoms with Gasteiger partial charge in [-0.1, -0.05) is 0 Å². The summed E-state index contributed by atoms with van der Waals surface area (Å²) in [7, 11) is 1.26. The van der Waals surface area contributed by atoms with Crippen LogP contribution in [0.4, 0.5) is 0 Å². The van der Waals surface area contributed by atoms with Gasteiger partial charge in [0, 0.05) is 0 Å². The van der Waals surface area contributed by atoms with Crippen LogP contribution in [-0.4, -0.2) is 13.6 Å². The van der Waals surface area contributed by atoms with Gasteiger partial charge in [0.05, 0.1) is 7.11 Å². The molecule has 1 radical (unpaired) electrons. The molecule has 0 saturated carbocycles. The number of carbonyl (C=O) groups excluding carboxylic acids is 1. The Labute approximate surface area is 96.4 Å². The topological polar surface area (TPSA) is 26.3 Å². The molecule has 0 fully saturated rings. The van der Waals surface area contributed by atoms with E-state index in [4.69, 9.17) is 4.79 Å². The van der Waals surface area contributed by atoms with E-state index in [0.29, 0.717) is 9.70 Å². The Kier molecular flexibility index (Phi) is 5.81. The van der Waals surface area contributed by atoms with E-state index in [1.54, 1.807) is 0 Å². The van der Waals surface area contributed by atoms with Crippen molar-refractivity contribution in [3.63, 3.8) is 0 Å². The van der Waals surface area contributed by atoms with E-state index in [0.717, 1.165) is 0 Å². The summed E-state index contributed by atoms with van der Waals surface area (Å²) in [6.45, 7) is 1.18. The van der Waals surface area contributed by atoms with Gasteiger partial charge in [-0.05, 0) is 0 Å². The van der Waals surface area contributed by atoms with Crippen LogP contribution in [0.5, 0.6) is 0 Å². The smallest absolute Gasteiger partial charge is 0.417 e. The molecule has 3 heteroatoms. The average molecular weight is 248 g/mol. The number of allylic oxidation sites excluding steroid dienone is 8. The van der Waals surface area contributed by atoms with Crippen LogP contribution in [0.3, 0.4) is 0 Å². The van der Waals surface area contributed by atoms with Gasteiger partial charge in [0.15, 0.2) is 0 Å². The molecule has 0 amide bonds. The molecule has 0 saturated heterocycles. The first-order valence-electron chi connectivity index (χ1n) is 4.53. The van der Waals surface area contributed by atoms with Crippen LogP contribution >= 0.6 is 0 Å². The van der Waals surface area contributed by atoms with Crippen LogP contribution in [0, 0.1) is 0 Å². The Morgan fingerprint density at radius 1 is 1.00 bits per heavy atom. The minimum Gasteiger partial charge on any atom is -0.461 e. The van der Waals surface area contributed by atoms with E-state index in [9.17, 15) is 0 Å². The minimum atomic E-state index is 0.642. The van der Waals surface area contributed by atoms with E-state index in [1.807, 2.05) is 0 Å². The fourth-order valence-corrected chi connectivity index (χ4v) is 2.47. The molecule has 82 valence electrons. The molecule has 2 rings (SSSR count). The zero-order valence-electron chi connectivity index (χ0n) is 8.42. The number of methoxy groups -OCH3 is 1. The summed E-state index contributed by atoms with van der Waals surface area (Å²) in [5.41, 5.74) is 0. The van der Waals surface area contributed by atoms with Crippen molar-refractivity contribution < 1.29 is 24.2 Å². The molecular formula is C12H13CoO2. The molecule has 0 aromatic rings. The third-order valence-electron chi connectivity index (χ3n) is 1.71. The fraction of sp³-hybridized carbons (Fsp3) is 0.250. The van der Waals surface area contributed by atoms with E-state index in [2.05, 4.69) is 53.3 Å². The molecule has 0 unspecified atom stereocenters. The number of hydrogen-bond acceptors (Lipinski definition) is 2. The van der Waals surface area contributed by atoms with Gasteiger partial charge in [-0.15, -0.1) is 0 Å². The molecule has 0 bridgehead atoms. The maximum atomic E-state index is 8.83. The Morgan fingerprint density at radius 3 is 1.60 bits per heavy atom. The molecule has 0 spiro atoms. The van der Waals surface area contributed by atoms with E-state index < -0.39 is 0 Å². The number of rotatable bonds is 3. The molecule has 0 aliphatic heterocycles. The van der Waals surface area contributed by atoms with Gasteiger partial charge >= 0.3 is 79.5 Å². The van der Waals surface area contributed by atoms with Crippen molar-refractivity contribution in [1.29, 1.82) is 0 Å². The zero-order chi connectivity index (χ0) is 10.9.